The van der Waals surface area contributed by atoms with Crippen molar-refractivity contribution in [1.82, 2.24) is 20.1 Å². The average Bonchev–Trinajstić information content (AvgIpc) is 3.42. The monoisotopic (exact) mass is 506 g/mol. The summed E-state index contributed by atoms with van der Waals surface area (Å²) >= 11 is 1.33. The van der Waals surface area contributed by atoms with Crippen LogP contribution in [-0.2, 0) is 11.3 Å². The van der Waals surface area contributed by atoms with Gasteiger partial charge in [-0.1, -0.05) is 6.07 Å². The summed E-state index contributed by atoms with van der Waals surface area (Å²) in [5.41, 5.74) is 1.54. The van der Waals surface area contributed by atoms with E-state index in [1.54, 1.807) is 18.0 Å². The molecule has 10 nitrogen and oxygen atoms in total. The van der Waals surface area contributed by atoms with Crippen LogP contribution in [0.25, 0.3) is 0 Å². The number of methoxy groups -OCH3 is 1. The highest BCUT2D eigenvalue weighted by Crippen LogP contribution is 2.30. The van der Waals surface area contributed by atoms with Crippen LogP contribution < -0.4 is 14.8 Å². The van der Waals surface area contributed by atoms with Crippen LogP contribution in [0.4, 0.5) is 0 Å². The third-order valence-electron chi connectivity index (χ3n) is 6.54. The van der Waals surface area contributed by atoms with E-state index < -0.39 is 11.7 Å². The highest BCUT2D eigenvalue weighted by Gasteiger charge is 2.41. The van der Waals surface area contributed by atoms with Crippen molar-refractivity contribution in [3.8, 4) is 11.5 Å². The fourth-order valence-electron chi connectivity index (χ4n) is 4.32. The molecule has 0 radical (unpaired) electrons. The number of hydrogen-bond donors (Lipinski definition) is 3. The van der Waals surface area contributed by atoms with Gasteiger partial charge < -0.3 is 29.7 Å². The van der Waals surface area contributed by atoms with E-state index in [4.69, 9.17) is 14.2 Å². The van der Waals surface area contributed by atoms with Crippen molar-refractivity contribution >= 4 is 17.2 Å². The van der Waals surface area contributed by atoms with Gasteiger partial charge in [0.25, 0.3) is 5.91 Å². The molecule has 2 aromatic rings. The SMILES string of the molecule is COc1cc(CN2CC[C@@](O)(CNC(=O)c3cscn3)[C@H](O)C2)ccc1OCCN1CCOCC1. The number of carbonyl (C=O) groups excluding carboxylic acids is 1. The lowest BCUT2D eigenvalue weighted by Gasteiger charge is -2.42. The molecule has 11 heteroatoms. The smallest absolute Gasteiger partial charge is 0.270 e. The van der Waals surface area contributed by atoms with E-state index in [0.29, 0.717) is 49.9 Å². The molecule has 35 heavy (non-hydrogen) atoms. The van der Waals surface area contributed by atoms with Crippen LogP contribution in [0.2, 0.25) is 0 Å². The number of β-amino-alcohol motifs (C(OH)–C–C–N with tert-alkyl or cyclic N) is 1. The number of aliphatic hydroxyl groups excluding tert-OH is 1. The second kappa shape index (κ2) is 12.1. The molecule has 0 spiro atoms. The predicted molar refractivity (Wildman–Crippen MR) is 131 cm³/mol. The third kappa shape index (κ3) is 6.90. The molecule has 0 aliphatic carbocycles. The Balaban J connectivity index is 1.26. The van der Waals surface area contributed by atoms with Gasteiger partial charge in [0.15, 0.2) is 11.5 Å². The van der Waals surface area contributed by atoms with E-state index >= 15 is 0 Å². The number of benzene rings is 1. The quantitative estimate of drug-likeness (QED) is 0.426. The van der Waals surface area contributed by atoms with Crippen molar-refractivity contribution in [2.75, 3.05) is 66.2 Å². The van der Waals surface area contributed by atoms with E-state index in [1.807, 2.05) is 18.2 Å². The largest absolute Gasteiger partial charge is 0.493 e. The first-order chi connectivity index (χ1) is 17.0. The van der Waals surface area contributed by atoms with Crippen molar-refractivity contribution in [3.05, 3.63) is 40.3 Å². The first kappa shape index (κ1) is 25.8. The van der Waals surface area contributed by atoms with Crippen LogP contribution in [0.15, 0.2) is 29.1 Å². The summed E-state index contributed by atoms with van der Waals surface area (Å²) in [6.45, 7) is 6.25. The maximum atomic E-state index is 12.1. The van der Waals surface area contributed by atoms with Gasteiger partial charge in [0.2, 0.25) is 0 Å². The van der Waals surface area contributed by atoms with Gasteiger partial charge in [-0.15, -0.1) is 11.3 Å². The lowest BCUT2D eigenvalue weighted by Crippen LogP contribution is -2.60. The minimum absolute atomic E-state index is 0.0251. The maximum Gasteiger partial charge on any atom is 0.270 e. The summed E-state index contributed by atoms with van der Waals surface area (Å²) in [5.74, 6) is 1.02. The van der Waals surface area contributed by atoms with Gasteiger partial charge in [-0.05, 0) is 24.1 Å². The number of piperidine rings is 1. The van der Waals surface area contributed by atoms with Crippen molar-refractivity contribution in [2.45, 2.75) is 24.7 Å². The molecule has 0 unspecified atom stereocenters. The Morgan fingerprint density at radius 2 is 2.11 bits per heavy atom. The van der Waals surface area contributed by atoms with E-state index in [0.717, 1.165) is 38.4 Å². The minimum atomic E-state index is -1.38. The summed E-state index contributed by atoms with van der Waals surface area (Å²) in [4.78, 5) is 20.5. The molecular weight excluding hydrogens is 472 g/mol. The highest BCUT2D eigenvalue weighted by atomic mass is 32.1. The number of ether oxygens (including phenoxy) is 3. The normalized spacial score (nSPS) is 23.7. The van der Waals surface area contributed by atoms with Crippen molar-refractivity contribution in [3.63, 3.8) is 0 Å². The van der Waals surface area contributed by atoms with Crippen LogP contribution in [0.3, 0.4) is 0 Å². The van der Waals surface area contributed by atoms with Crippen LogP contribution >= 0.6 is 11.3 Å². The Morgan fingerprint density at radius 1 is 1.29 bits per heavy atom. The van der Waals surface area contributed by atoms with Gasteiger partial charge in [0.05, 0.1) is 31.9 Å². The highest BCUT2D eigenvalue weighted by molar-refractivity contribution is 7.07. The molecule has 4 rings (SSSR count). The van der Waals surface area contributed by atoms with Gasteiger partial charge in [0, 0.05) is 51.2 Å². The fraction of sp³-hybridized carbons (Fsp3) is 0.583. The zero-order valence-electron chi connectivity index (χ0n) is 20.0. The number of rotatable bonds is 10. The third-order valence-corrected chi connectivity index (χ3v) is 7.12. The molecule has 192 valence electrons. The Labute approximate surface area is 209 Å². The first-order valence-corrected chi connectivity index (χ1v) is 12.8. The number of carbonyl (C=O) groups is 1. The van der Waals surface area contributed by atoms with E-state index in [-0.39, 0.29) is 12.5 Å². The number of amides is 1. The summed E-state index contributed by atoms with van der Waals surface area (Å²) in [5, 5.41) is 25.9. The number of aromatic nitrogens is 1. The molecule has 2 fully saturated rings. The van der Waals surface area contributed by atoms with Gasteiger partial charge in [-0.3, -0.25) is 14.6 Å². The number of thiazole rings is 1. The second-order valence-electron chi connectivity index (χ2n) is 8.95. The molecule has 0 bridgehead atoms. The summed E-state index contributed by atoms with van der Waals surface area (Å²) < 4.78 is 16.9. The maximum absolute atomic E-state index is 12.1. The molecule has 1 aromatic heterocycles. The van der Waals surface area contributed by atoms with Crippen LogP contribution in [0.5, 0.6) is 11.5 Å². The van der Waals surface area contributed by atoms with E-state index in [1.165, 1.54) is 11.3 Å². The van der Waals surface area contributed by atoms with Crippen molar-refractivity contribution in [2.24, 2.45) is 0 Å². The Bertz CT molecular complexity index is 955. The summed E-state index contributed by atoms with van der Waals surface area (Å²) in [6.07, 6.45) is -0.651. The van der Waals surface area contributed by atoms with Crippen molar-refractivity contribution < 1.29 is 29.2 Å². The Hall–Kier alpha value is -2.28. The van der Waals surface area contributed by atoms with Gasteiger partial charge in [-0.25, -0.2) is 4.98 Å². The number of morpholine rings is 1. The molecular formula is C24H34N4O6S. The number of aliphatic hydroxyl groups is 2. The molecule has 3 N–H and O–H groups in total. The molecule has 2 aliphatic heterocycles. The standard InChI is InChI=1S/C24H34N4O6S/c1-32-21-12-18(2-3-20(21)34-11-8-27-6-9-33-10-7-27)13-28-5-4-24(31,22(29)14-28)16-25-23(30)19-15-35-17-26-19/h2-3,12,15,17,22,29,31H,4-11,13-14,16H2,1H3,(H,25,30)/t22-,24-/m1/s1. The molecule has 2 atom stereocenters. The topological polar surface area (TPSA) is 117 Å². The zero-order chi connectivity index (χ0) is 24.7. The van der Waals surface area contributed by atoms with Crippen molar-refractivity contribution in [1.29, 1.82) is 0 Å². The fourth-order valence-corrected chi connectivity index (χ4v) is 4.85. The number of likely N-dealkylation sites (tertiary alicyclic amines) is 1. The van der Waals surface area contributed by atoms with Crippen LogP contribution in [0, 0.1) is 0 Å². The molecule has 1 aromatic carbocycles. The Kier molecular flexibility index (Phi) is 8.93. The molecule has 0 saturated carbocycles. The number of nitrogens with zero attached hydrogens (tertiary/aromatic N) is 3. The van der Waals surface area contributed by atoms with Crippen LogP contribution in [-0.4, -0.2) is 109 Å². The van der Waals surface area contributed by atoms with E-state index in [9.17, 15) is 15.0 Å². The minimum Gasteiger partial charge on any atom is -0.493 e. The van der Waals surface area contributed by atoms with Gasteiger partial charge >= 0.3 is 0 Å². The van der Waals surface area contributed by atoms with Gasteiger partial charge in [0.1, 0.15) is 17.9 Å². The number of hydrogen-bond acceptors (Lipinski definition) is 10. The zero-order valence-corrected chi connectivity index (χ0v) is 20.8. The van der Waals surface area contributed by atoms with Crippen LogP contribution in [0.1, 0.15) is 22.5 Å². The average molecular weight is 507 g/mol. The second-order valence-corrected chi connectivity index (χ2v) is 9.67. The molecule has 3 heterocycles. The predicted octanol–water partition coefficient (Wildman–Crippen LogP) is 0.590. The molecule has 2 saturated heterocycles. The lowest BCUT2D eigenvalue weighted by molar-refractivity contribution is -0.116. The first-order valence-electron chi connectivity index (χ1n) is 11.9. The molecule has 1 amide bonds. The summed E-state index contributed by atoms with van der Waals surface area (Å²) in [7, 11) is 1.62. The molecule has 2 aliphatic rings. The van der Waals surface area contributed by atoms with Gasteiger partial charge in [-0.2, -0.15) is 0 Å². The summed E-state index contributed by atoms with van der Waals surface area (Å²) in [6, 6.07) is 5.86. The van der Waals surface area contributed by atoms with E-state index in [2.05, 4.69) is 20.1 Å². The number of nitrogens with one attached hydrogen (secondary N) is 1. The Morgan fingerprint density at radius 3 is 2.83 bits per heavy atom. The lowest BCUT2D eigenvalue weighted by atomic mass is 9.88.